The van der Waals surface area contributed by atoms with Gasteiger partial charge in [-0.25, -0.2) is 13.8 Å². The van der Waals surface area contributed by atoms with E-state index >= 15 is 0 Å². The summed E-state index contributed by atoms with van der Waals surface area (Å²) in [6, 6.07) is 18.2. The molecule has 0 aromatic heterocycles. The number of sulfonamides is 1. The van der Waals surface area contributed by atoms with Gasteiger partial charge in [0.1, 0.15) is 6.54 Å². The number of benzene rings is 3. The van der Waals surface area contributed by atoms with Crippen LogP contribution >= 0.6 is 23.2 Å². The van der Waals surface area contributed by atoms with Crippen LogP contribution < -0.4 is 9.73 Å². The first-order valence-corrected chi connectivity index (χ1v) is 11.8. The van der Waals surface area contributed by atoms with E-state index in [2.05, 4.69) is 10.5 Å². The van der Waals surface area contributed by atoms with Gasteiger partial charge in [0.25, 0.3) is 15.9 Å². The fourth-order valence-electron chi connectivity index (χ4n) is 2.99. The quantitative estimate of drug-likeness (QED) is 0.376. The van der Waals surface area contributed by atoms with E-state index in [0.717, 1.165) is 15.4 Å². The standard InChI is InChI=1S/C23H21Cl2N3O3S/c1-16-8-6-13-22(17(16)2)28(32(30,31)18-9-4-3-5-10-18)15-23(29)27-26-14-19-20(24)11-7-12-21(19)25/h3-14H,15H2,1-2H3,(H,27,29)/b26-14-. The summed E-state index contributed by atoms with van der Waals surface area (Å²) in [4.78, 5) is 12.7. The zero-order chi connectivity index (χ0) is 23.3. The first kappa shape index (κ1) is 23.8. The normalized spacial score (nSPS) is 11.5. The first-order valence-electron chi connectivity index (χ1n) is 9.61. The van der Waals surface area contributed by atoms with Gasteiger partial charge < -0.3 is 0 Å². The molecule has 166 valence electrons. The Balaban J connectivity index is 1.90. The number of carbonyl (C=O) groups is 1. The summed E-state index contributed by atoms with van der Waals surface area (Å²) >= 11 is 12.2. The topological polar surface area (TPSA) is 78.8 Å². The number of aryl methyl sites for hydroxylation is 1. The smallest absolute Gasteiger partial charge is 0.264 e. The van der Waals surface area contributed by atoms with Crippen LogP contribution in [0.1, 0.15) is 16.7 Å². The van der Waals surface area contributed by atoms with E-state index in [4.69, 9.17) is 23.2 Å². The molecule has 0 atom stereocenters. The third-order valence-corrected chi connectivity index (χ3v) is 7.28. The summed E-state index contributed by atoms with van der Waals surface area (Å²) in [7, 11) is -4.00. The lowest BCUT2D eigenvalue weighted by atomic mass is 10.1. The average Bonchev–Trinajstić information content (AvgIpc) is 2.77. The third kappa shape index (κ3) is 5.30. The largest absolute Gasteiger partial charge is 0.271 e. The van der Waals surface area contributed by atoms with Gasteiger partial charge in [0.2, 0.25) is 0 Å². The molecule has 0 saturated heterocycles. The Morgan fingerprint density at radius 1 is 0.969 bits per heavy atom. The summed E-state index contributed by atoms with van der Waals surface area (Å²) in [5.41, 5.74) is 4.87. The molecule has 0 aliphatic carbocycles. The molecular weight excluding hydrogens is 469 g/mol. The van der Waals surface area contributed by atoms with Crippen LogP contribution in [0.5, 0.6) is 0 Å². The first-order chi connectivity index (χ1) is 15.2. The number of hydrazone groups is 1. The molecular formula is C23H21Cl2N3O3S. The van der Waals surface area contributed by atoms with Crippen LogP contribution in [0.25, 0.3) is 0 Å². The van der Waals surface area contributed by atoms with E-state index in [1.807, 2.05) is 19.9 Å². The maximum Gasteiger partial charge on any atom is 0.264 e. The summed E-state index contributed by atoms with van der Waals surface area (Å²) in [5, 5.41) is 4.64. The summed E-state index contributed by atoms with van der Waals surface area (Å²) < 4.78 is 27.9. The molecule has 3 rings (SSSR count). The van der Waals surface area contributed by atoms with Crippen LogP contribution in [0.15, 0.2) is 76.7 Å². The number of amides is 1. The van der Waals surface area contributed by atoms with Crippen LogP contribution in [0.4, 0.5) is 5.69 Å². The predicted molar refractivity (Wildman–Crippen MR) is 129 cm³/mol. The van der Waals surface area contributed by atoms with Gasteiger partial charge in [-0.3, -0.25) is 9.10 Å². The van der Waals surface area contributed by atoms with Crippen LogP contribution in [-0.2, 0) is 14.8 Å². The van der Waals surface area contributed by atoms with Gasteiger partial charge in [-0.1, -0.05) is 59.6 Å². The molecule has 0 saturated carbocycles. The monoisotopic (exact) mass is 489 g/mol. The zero-order valence-corrected chi connectivity index (χ0v) is 19.7. The van der Waals surface area contributed by atoms with E-state index in [0.29, 0.717) is 21.3 Å². The summed E-state index contributed by atoms with van der Waals surface area (Å²) in [5.74, 6) is -0.621. The van der Waals surface area contributed by atoms with Crippen LogP contribution in [0.2, 0.25) is 10.0 Å². The van der Waals surface area contributed by atoms with Crippen molar-refractivity contribution in [1.82, 2.24) is 5.43 Å². The van der Waals surface area contributed by atoms with E-state index in [1.165, 1.54) is 18.3 Å². The summed E-state index contributed by atoms with van der Waals surface area (Å²) in [6.45, 7) is 3.23. The van der Waals surface area contributed by atoms with Crippen molar-refractivity contribution in [3.63, 3.8) is 0 Å². The van der Waals surface area contributed by atoms with Crippen molar-refractivity contribution in [2.24, 2.45) is 5.10 Å². The van der Waals surface area contributed by atoms with Crippen molar-refractivity contribution in [1.29, 1.82) is 0 Å². The number of hydrogen-bond acceptors (Lipinski definition) is 4. The molecule has 0 fully saturated rings. The number of nitrogens with one attached hydrogen (secondary N) is 1. The van der Waals surface area contributed by atoms with Gasteiger partial charge >= 0.3 is 0 Å². The lowest BCUT2D eigenvalue weighted by molar-refractivity contribution is -0.119. The molecule has 32 heavy (non-hydrogen) atoms. The van der Waals surface area contributed by atoms with E-state index < -0.39 is 22.5 Å². The van der Waals surface area contributed by atoms with Crippen LogP contribution in [-0.4, -0.2) is 27.1 Å². The number of hydrogen-bond donors (Lipinski definition) is 1. The minimum atomic E-state index is -4.00. The minimum absolute atomic E-state index is 0.0834. The molecule has 0 spiro atoms. The van der Waals surface area contributed by atoms with E-state index in [-0.39, 0.29) is 4.90 Å². The molecule has 3 aromatic rings. The highest BCUT2D eigenvalue weighted by Crippen LogP contribution is 2.28. The maximum absolute atomic E-state index is 13.4. The second-order valence-corrected chi connectivity index (χ2v) is 9.65. The fraction of sp³-hybridized carbons (Fsp3) is 0.130. The lowest BCUT2D eigenvalue weighted by Gasteiger charge is -2.26. The Hall–Kier alpha value is -2.87. The number of anilines is 1. The van der Waals surface area contributed by atoms with Crippen molar-refractivity contribution in [2.45, 2.75) is 18.7 Å². The van der Waals surface area contributed by atoms with Crippen molar-refractivity contribution in [3.05, 3.63) is 93.5 Å². The molecule has 0 bridgehead atoms. The molecule has 0 unspecified atom stereocenters. The van der Waals surface area contributed by atoms with Gasteiger partial charge in [-0.2, -0.15) is 5.10 Å². The van der Waals surface area contributed by atoms with E-state index in [1.54, 1.807) is 48.5 Å². The highest BCUT2D eigenvalue weighted by Gasteiger charge is 2.28. The van der Waals surface area contributed by atoms with Gasteiger partial charge in [0.15, 0.2) is 0 Å². The van der Waals surface area contributed by atoms with Gasteiger partial charge in [-0.05, 0) is 55.3 Å². The van der Waals surface area contributed by atoms with Crippen molar-refractivity contribution < 1.29 is 13.2 Å². The molecule has 3 aromatic carbocycles. The minimum Gasteiger partial charge on any atom is -0.271 e. The molecule has 0 aliphatic rings. The molecule has 0 radical (unpaired) electrons. The molecule has 1 N–H and O–H groups in total. The second kappa shape index (κ2) is 10.2. The zero-order valence-electron chi connectivity index (χ0n) is 17.4. The number of carbonyl (C=O) groups excluding carboxylic acids is 1. The Bertz CT molecular complexity index is 1240. The number of nitrogens with zero attached hydrogens (tertiary/aromatic N) is 2. The molecule has 0 aliphatic heterocycles. The fourth-order valence-corrected chi connectivity index (χ4v) is 4.99. The Morgan fingerprint density at radius 2 is 1.59 bits per heavy atom. The Kier molecular flexibility index (Phi) is 7.56. The lowest BCUT2D eigenvalue weighted by Crippen LogP contribution is -2.40. The maximum atomic E-state index is 13.4. The average molecular weight is 490 g/mol. The number of rotatable bonds is 7. The van der Waals surface area contributed by atoms with Crippen molar-refractivity contribution in [2.75, 3.05) is 10.8 Å². The third-order valence-electron chi connectivity index (χ3n) is 4.85. The van der Waals surface area contributed by atoms with Crippen LogP contribution in [0, 0.1) is 13.8 Å². The van der Waals surface area contributed by atoms with Gasteiger partial charge in [0.05, 0.1) is 26.8 Å². The SMILES string of the molecule is Cc1cccc(N(CC(=O)N/N=C\c2c(Cl)cccc2Cl)S(=O)(=O)c2ccccc2)c1C. The number of halogens is 2. The molecule has 0 heterocycles. The van der Waals surface area contributed by atoms with Gasteiger partial charge in [-0.15, -0.1) is 0 Å². The molecule has 6 nitrogen and oxygen atoms in total. The highest BCUT2D eigenvalue weighted by atomic mass is 35.5. The predicted octanol–water partition coefficient (Wildman–Crippen LogP) is 4.96. The second-order valence-electron chi connectivity index (χ2n) is 6.97. The summed E-state index contributed by atoms with van der Waals surface area (Å²) in [6.07, 6.45) is 1.32. The highest BCUT2D eigenvalue weighted by molar-refractivity contribution is 7.92. The van der Waals surface area contributed by atoms with Gasteiger partial charge in [0, 0.05) is 5.56 Å². The van der Waals surface area contributed by atoms with Crippen molar-refractivity contribution in [3.8, 4) is 0 Å². The Labute approximate surface area is 197 Å². The van der Waals surface area contributed by atoms with E-state index in [9.17, 15) is 13.2 Å². The molecule has 1 amide bonds. The van der Waals surface area contributed by atoms with Crippen molar-refractivity contribution >= 4 is 51.0 Å². The van der Waals surface area contributed by atoms with Crippen LogP contribution in [0.3, 0.4) is 0 Å². The Morgan fingerprint density at radius 3 is 2.25 bits per heavy atom. The molecule has 9 heteroatoms.